The van der Waals surface area contributed by atoms with Crippen LogP contribution in [0.4, 0.5) is 14.5 Å². The van der Waals surface area contributed by atoms with E-state index in [9.17, 15) is 13.6 Å². The molecule has 0 aliphatic carbocycles. The van der Waals surface area contributed by atoms with Gasteiger partial charge in [0.25, 0.3) is 5.91 Å². The number of benzene rings is 2. The molecule has 0 atom stereocenters. The highest BCUT2D eigenvalue weighted by Gasteiger charge is 2.46. The number of likely N-dealkylation sites (tertiary alicyclic amines) is 1. The minimum atomic E-state index is -1.07. The van der Waals surface area contributed by atoms with Crippen LogP contribution in [0.15, 0.2) is 36.4 Å². The van der Waals surface area contributed by atoms with Crippen molar-refractivity contribution in [1.82, 2.24) is 4.90 Å². The summed E-state index contributed by atoms with van der Waals surface area (Å²) in [4.78, 5) is 17.3. The summed E-state index contributed by atoms with van der Waals surface area (Å²) in [6.45, 7) is 7.85. The van der Waals surface area contributed by atoms with Crippen LogP contribution in [-0.2, 0) is 5.41 Å². The minimum absolute atomic E-state index is 0.106. The number of amides is 1. The zero-order valence-electron chi connectivity index (χ0n) is 16.5. The normalized spacial score (nSPS) is 18.5. The van der Waals surface area contributed by atoms with Crippen molar-refractivity contribution in [2.24, 2.45) is 0 Å². The second-order valence-corrected chi connectivity index (χ2v) is 8.14. The Labute approximate surface area is 165 Å². The van der Waals surface area contributed by atoms with Crippen LogP contribution in [0.5, 0.6) is 0 Å². The summed E-state index contributed by atoms with van der Waals surface area (Å²) >= 11 is 0. The van der Waals surface area contributed by atoms with Crippen molar-refractivity contribution < 1.29 is 13.6 Å². The van der Waals surface area contributed by atoms with Crippen LogP contribution in [0.3, 0.4) is 0 Å². The molecule has 2 aliphatic heterocycles. The molecule has 2 aromatic carbocycles. The maximum atomic E-state index is 14.3. The van der Waals surface area contributed by atoms with E-state index in [0.717, 1.165) is 56.2 Å². The predicted molar refractivity (Wildman–Crippen MR) is 107 cm³/mol. The highest BCUT2D eigenvalue weighted by atomic mass is 19.2. The summed E-state index contributed by atoms with van der Waals surface area (Å²) in [5.41, 5.74) is 2.86. The van der Waals surface area contributed by atoms with Crippen LogP contribution in [0, 0.1) is 18.6 Å². The number of rotatable bonds is 3. The summed E-state index contributed by atoms with van der Waals surface area (Å²) in [7, 11) is 0. The molecule has 1 amide bonds. The van der Waals surface area contributed by atoms with Gasteiger partial charge in [0.2, 0.25) is 0 Å². The number of carbonyl (C=O) groups is 1. The lowest BCUT2D eigenvalue weighted by Crippen LogP contribution is -2.46. The van der Waals surface area contributed by atoms with Crippen molar-refractivity contribution in [3.8, 4) is 0 Å². The molecule has 28 heavy (non-hydrogen) atoms. The second-order valence-electron chi connectivity index (χ2n) is 8.14. The van der Waals surface area contributed by atoms with Crippen molar-refractivity contribution in [1.29, 1.82) is 0 Å². The van der Waals surface area contributed by atoms with Gasteiger partial charge in [-0.25, -0.2) is 8.78 Å². The van der Waals surface area contributed by atoms with E-state index in [2.05, 4.69) is 24.8 Å². The SMILES string of the molecule is CCCN1CCC2(CC1)CN(C(=O)c1cccc(F)c1F)c1ccc(C)cc12. The molecular formula is C23H26F2N2O. The quantitative estimate of drug-likeness (QED) is 0.767. The molecule has 2 aliphatic rings. The molecule has 0 saturated carbocycles. The first-order chi connectivity index (χ1) is 13.4. The number of nitrogens with zero attached hydrogens (tertiary/aromatic N) is 2. The van der Waals surface area contributed by atoms with Crippen molar-refractivity contribution in [3.05, 3.63) is 64.7 Å². The van der Waals surface area contributed by atoms with Crippen LogP contribution in [-0.4, -0.2) is 37.0 Å². The third-order valence-electron chi connectivity index (χ3n) is 6.26. The van der Waals surface area contributed by atoms with Crippen molar-refractivity contribution >= 4 is 11.6 Å². The molecule has 0 aromatic heterocycles. The standard InChI is InChI=1S/C23H26F2N2O/c1-3-11-26-12-9-23(10-13-26)15-27(20-8-7-16(2)14-18(20)23)22(28)17-5-4-6-19(24)21(17)25/h4-8,14H,3,9-13,15H2,1-2H3. The largest absolute Gasteiger partial charge is 0.307 e. The molecule has 3 nitrogen and oxygen atoms in total. The highest BCUT2D eigenvalue weighted by Crippen LogP contribution is 2.48. The zero-order chi connectivity index (χ0) is 19.9. The average molecular weight is 384 g/mol. The average Bonchev–Trinajstić information content (AvgIpc) is 2.99. The Morgan fingerprint density at radius 2 is 1.89 bits per heavy atom. The Balaban J connectivity index is 1.70. The Morgan fingerprint density at radius 1 is 1.14 bits per heavy atom. The number of halogens is 2. The fraction of sp³-hybridized carbons (Fsp3) is 0.435. The molecule has 0 unspecified atom stereocenters. The molecule has 0 bridgehead atoms. The number of hydrogen-bond acceptors (Lipinski definition) is 2. The fourth-order valence-corrected chi connectivity index (χ4v) is 4.73. The van der Waals surface area contributed by atoms with Gasteiger partial charge >= 0.3 is 0 Å². The molecule has 5 heteroatoms. The van der Waals surface area contributed by atoms with E-state index in [4.69, 9.17) is 0 Å². The molecule has 4 rings (SSSR count). The fourth-order valence-electron chi connectivity index (χ4n) is 4.73. The predicted octanol–water partition coefficient (Wildman–Crippen LogP) is 4.68. The van der Waals surface area contributed by atoms with Crippen LogP contribution in [0.25, 0.3) is 0 Å². The Hall–Kier alpha value is -2.27. The molecule has 0 radical (unpaired) electrons. The van der Waals surface area contributed by atoms with Crippen LogP contribution < -0.4 is 4.90 Å². The molecule has 2 aromatic rings. The summed E-state index contributed by atoms with van der Waals surface area (Å²) in [5, 5.41) is 0. The van der Waals surface area contributed by atoms with Crippen LogP contribution >= 0.6 is 0 Å². The highest BCUT2D eigenvalue weighted by molar-refractivity contribution is 6.08. The maximum Gasteiger partial charge on any atom is 0.261 e. The van der Waals surface area contributed by atoms with E-state index in [-0.39, 0.29) is 11.0 Å². The molecular weight excluding hydrogens is 358 g/mol. The van der Waals surface area contributed by atoms with Gasteiger partial charge < -0.3 is 9.80 Å². The van der Waals surface area contributed by atoms with Gasteiger partial charge in [-0.1, -0.05) is 30.7 Å². The van der Waals surface area contributed by atoms with Crippen LogP contribution in [0.2, 0.25) is 0 Å². The maximum absolute atomic E-state index is 14.3. The van der Waals surface area contributed by atoms with Gasteiger partial charge in [0.15, 0.2) is 11.6 Å². The van der Waals surface area contributed by atoms with Gasteiger partial charge in [-0.05, 0) is 69.6 Å². The van der Waals surface area contributed by atoms with E-state index in [1.54, 1.807) is 4.90 Å². The number of fused-ring (bicyclic) bond motifs is 2. The van der Waals surface area contributed by atoms with Crippen LogP contribution in [0.1, 0.15) is 47.7 Å². The summed E-state index contributed by atoms with van der Waals surface area (Å²) < 4.78 is 28.0. The molecule has 1 spiro atoms. The number of anilines is 1. The molecule has 148 valence electrons. The summed E-state index contributed by atoms with van der Waals surface area (Å²) in [5.74, 6) is -2.52. The van der Waals surface area contributed by atoms with Gasteiger partial charge in [-0.15, -0.1) is 0 Å². The topological polar surface area (TPSA) is 23.6 Å². The molecule has 1 saturated heterocycles. The zero-order valence-corrected chi connectivity index (χ0v) is 16.5. The Morgan fingerprint density at radius 3 is 2.61 bits per heavy atom. The van der Waals surface area contributed by atoms with Crippen molar-refractivity contribution in [2.75, 3.05) is 31.1 Å². The smallest absolute Gasteiger partial charge is 0.261 e. The van der Waals surface area contributed by atoms with E-state index < -0.39 is 17.5 Å². The Kier molecular flexibility index (Phi) is 4.96. The third-order valence-corrected chi connectivity index (χ3v) is 6.26. The number of carbonyl (C=O) groups excluding carboxylic acids is 1. The number of aryl methyl sites for hydroxylation is 1. The van der Waals surface area contributed by atoms with Gasteiger partial charge in [0, 0.05) is 17.6 Å². The van der Waals surface area contributed by atoms with E-state index >= 15 is 0 Å². The lowest BCUT2D eigenvalue weighted by atomic mass is 9.74. The lowest BCUT2D eigenvalue weighted by molar-refractivity contribution is 0.0971. The van der Waals surface area contributed by atoms with Crippen molar-refractivity contribution in [3.63, 3.8) is 0 Å². The van der Waals surface area contributed by atoms with Gasteiger partial charge in [-0.3, -0.25) is 4.79 Å². The molecule has 0 N–H and O–H groups in total. The lowest BCUT2D eigenvalue weighted by Gasteiger charge is -2.40. The third kappa shape index (κ3) is 3.12. The summed E-state index contributed by atoms with van der Waals surface area (Å²) in [6, 6.07) is 9.89. The summed E-state index contributed by atoms with van der Waals surface area (Å²) in [6.07, 6.45) is 3.07. The van der Waals surface area contributed by atoms with Gasteiger partial charge in [-0.2, -0.15) is 0 Å². The minimum Gasteiger partial charge on any atom is -0.307 e. The number of piperidine rings is 1. The molecule has 2 heterocycles. The first-order valence-electron chi connectivity index (χ1n) is 10.0. The van der Waals surface area contributed by atoms with Gasteiger partial charge in [0.1, 0.15) is 0 Å². The van der Waals surface area contributed by atoms with E-state index in [1.165, 1.54) is 17.7 Å². The van der Waals surface area contributed by atoms with E-state index in [0.29, 0.717) is 6.54 Å². The molecule has 1 fully saturated rings. The second kappa shape index (κ2) is 7.28. The van der Waals surface area contributed by atoms with Crippen molar-refractivity contribution in [2.45, 2.75) is 38.5 Å². The van der Waals surface area contributed by atoms with Gasteiger partial charge in [0.05, 0.1) is 5.56 Å². The number of hydrogen-bond donors (Lipinski definition) is 0. The first-order valence-corrected chi connectivity index (χ1v) is 10.0. The Bertz CT molecular complexity index is 903. The van der Waals surface area contributed by atoms with E-state index in [1.807, 2.05) is 12.1 Å². The first kappa shape index (κ1) is 19.1. The monoisotopic (exact) mass is 384 g/mol.